The van der Waals surface area contributed by atoms with Crippen molar-refractivity contribution < 1.29 is 35.8 Å². The van der Waals surface area contributed by atoms with Crippen molar-refractivity contribution in [3.05, 3.63) is 23.8 Å². The number of alkyl halides is 6. The molecule has 1 aromatic heterocycles. The summed E-state index contributed by atoms with van der Waals surface area (Å²) in [5.74, 6) is -0.159. The van der Waals surface area contributed by atoms with Crippen LogP contribution in [0.1, 0.15) is 19.4 Å². The molecule has 0 atom stereocenters. The van der Waals surface area contributed by atoms with E-state index in [0.29, 0.717) is 0 Å². The van der Waals surface area contributed by atoms with Crippen LogP contribution < -0.4 is 14.4 Å². The van der Waals surface area contributed by atoms with Gasteiger partial charge >= 0.3 is 12.4 Å². The predicted octanol–water partition coefficient (Wildman–Crippen LogP) is 4.80. The maximum atomic E-state index is 13.5. The lowest BCUT2D eigenvalue weighted by Gasteiger charge is -2.32. The number of benzene rings is 1. The maximum Gasteiger partial charge on any atom is 0.417 e. The minimum absolute atomic E-state index is 0.0110. The van der Waals surface area contributed by atoms with Gasteiger partial charge in [-0.1, -0.05) is 0 Å². The number of rotatable bonds is 3. The number of pyridine rings is 1. The Labute approximate surface area is 150 Å². The van der Waals surface area contributed by atoms with Crippen LogP contribution in [0, 0.1) is 0 Å². The Morgan fingerprint density at radius 2 is 1.85 bits per heavy atom. The van der Waals surface area contributed by atoms with Gasteiger partial charge in [0.25, 0.3) is 0 Å². The molecule has 148 valence electrons. The van der Waals surface area contributed by atoms with Gasteiger partial charge in [-0.2, -0.15) is 26.3 Å². The van der Waals surface area contributed by atoms with Gasteiger partial charge in [-0.3, -0.25) is 0 Å². The van der Waals surface area contributed by atoms with E-state index in [-0.39, 0.29) is 41.4 Å². The molecule has 0 amide bonds. The highest BCUT2D eigenvalue weighted by molar-refractivity contribution is 5.90. The minimum atomic E-state index is -4.73. The lowest BCUT2D eigenvalue weighted by molar-refractivity contribution is -0.136. The molecule has 1 aliphatic heterocycles. The van der Waals surface area contributed by atoms with Crippen LogP contribution in [0.3, 0.4) is 0 Å². The van der Waals surface area contributed by atoms with Gasteiger partial charge in [0.15, 0.2) is 0 Å². The predicted molar refractivity (Wildman–Crippen MR) is 86.3 cm³/mol. The molecule has 1 aromatic carbocycles. The fourth-order valence-electron chi connectivity index (χ4n) is 2.88. The number of ether oxygens (including phenoxy) is 2. The summed E-state index contributed by atoms with van der Waals surface area (Å²) in [5, 5.41) is -0.310. The second-order valence-corrected chi connectivity index (χ2v) is 6.39. The Kier molecular flexibility index (Phi) is 4.77. The highest BCUT2D eigenvalue weighted by Gasteiger charge is 2.36. The number of anilines is 1. The SMILES string of the molecule is CC(C)Oc1cc(C(F)(F)F)c2cc3c(cc2n1)OCCN3CC(F)(F)F. The lowest BCUT2D eigenvalue weighted by atomic mass is 10.1. The number of halogens is 6. The summed E-state index contributed by atoms with van der Waals surface area (Å²) in [7, 11) is 0. The summed E-state index contributed by atoms with van der Waals surface area (Å²) in [6.45, 7) is 1.91. The quantitative estimate of drug-likeness (QED) is 0.701. The number of nitrogens with zero attached hydrogens (tertiary/aromatic N) is 2. The molecule has 0 radical (unpaired) electrons. The molecule has 1 aliphatic rings. The molecule has 27 heavy (non-hydrogen) atoms. The molecule has 2 heterocycles. The Hall–Kier alpha value is -2.39. The van der Waals surface area contributed by atoms with Crippen LogP contribution in [-0.2, 0) is 6.18 Å². The van der Waals surface area contributed by atoms with Crippen LogP contribution >= 0.6 is 0 Å². The molecular weight excluding hydrogens is 378 g/mol. The smallest absolute Gasteiger partial charge is 0.417 e. The Bertz CT molecular complexity index is 848. The van der Waals surface area contributed by atoms with E-state index in [1.165, 1.54) is 6.07 Å². The highest BCUT2D eigenvalue weighted by Crippen LogP contribution is 2.42. The third-order valence-electron chi connectivity index (χ3n) is 3.86. The summed E-state index contributed by atoms with van der Waals surface area (Å²) in [6.07, 6.45) is -9.62. The summed E-state index contributed by atoms with van der Waals surface area (Å²) in [5.41, 5.74) is -1.13. The molecular formula is C17H16F6N2O2. The Morgan fingerprint density at radius 3 is 2.44 bits per heavy atom. The Balaban J connectivity index is 2.18. The van der Waals surface area contributed by atoms with E-state index in [4.69, 9.17) is 9.47 Å². The molecule has 0 saturated carbocycles. The average molecular weight is 394 g/mol. The van der Waals surface area contributed by atoms with Crippen molar-refractivity contribution in [1.82, 2.24) is 4.98 Å². The zero-order valence-electron chi connectivity index (χ0n) is 14.4. The van der Waals surface area contributed by atoms with Gasteiger partial charge in [0.2, 0.25) is 5.88 Å². The van der Waals surface area contributed by atoms with Gasteiger partial charge in [0, 0.05) is 17.5 Å². The molecule has 0 aliphatic carbocycles. The van der Waals surface area contributed by atoms with Crippen LogP contribution in [0.2, 0.25) is 0 Å². The van der Waals surface area contributed by atoms with Crippen LogP contribution in [0.25, 0.3) is 10.9 Å². The van der Waals surface area contributed by atoms with Crippen molar-refractivity contribution in [2.75, 3.05) is 24.6 Å². The standard InChI is InChI=1S/C17H16F6N2O2/c1-9(2)27-15-6-11(17(21,22)23)10-5-13-14(7-12(10)24-15)26-4-3-25(13)8-16(18,19)20/h5-7,9H,3-4,8H2,1-2H3. The Morgan fingerprint density at radius 1 is 1.15 bits per heavy atom. The van der Waals surface area contributed by atoms with Crippen LogP contribution in [0.5, 0.6) is 11.6 Å². The third-order valence-corrected chi connectivity index (χ3v) is 3.86. The van der Waals surface area contributed by atoms with Gasteiger partial charge in [0.1, 0.15) is 18.9 Å². The van der Waals surface area contributed by atoms with Gasteiger partial charge < -0.3 is 14.4 Å². The van der Waals surface area contributed by atoms with Crippen LogP contribution in [0.4, 0.5) is 32.0 Å². The van der Waals surface area contributed by atoms with Crippen molar-refractivity contribution >= 4 is 16.6 Å². The van der Waals surface area contributed by atoms with E-state index in [1.54, 1.807) is 13.8 Å². The summed E-state index contributed by atoms with van der Waals surface area (Å²) in [6, 6.07) is 3.02. The molecule has 0 fully saturated rings. The van der Waals surface area contributed by atoms with E-state index in [0.717, 1.165) is 17.0 Å². The largest absolute Gasteiger partial charge is 0.489 e. The van der Waals surface area contributed by atoms with Crippen molar-refractivity contribution in [3.8, 4) is 11.6 Å². The number of fused-ring (bicyclic) bond motifs is 2. The van der Waals surface area contributed by atoms with Gasteiger partial charge in [0.05, 0.1) is 29.4 Å². The normalized spacial score (nSPS) is 15.1. The molecule has 2 aromatic rings. The number of hydrogen-bond donors (Lipinski definition) is 0. The first-order valence-corrected chi connectivity index (χ1v) is 8.11. The van der Waals surface area contributed by atoms with Crippen molar-refractivity contribution in [3.63, 3.8) is 0 Å². The molecule has 10 heteroatoms. The monoisotopic (exact) mass is 394 g/mol. The fraction of sp³-hybridized carbons (Fsp3) is 0.471. The first-order valence-electron chi connectivity index (χ1n) is 8.11. The number of aromatic nitrogens is 1. The average Bonchev–Trinajstić information content (AvgIpc) is 2.50. The molecule has 0 unspecified atom stereocenters. The van der Waals surface area contributed by atoms with Crippen molar-refractivity contribution in [2.24, 2.45) is 0 Å². The van der Waals surface area contributed by atoms with E-state index in [1.807, 2.05) is 0 Å². The van der Waals surface area contributed by atoms with Gasteiger partial charge in [-0.15, -0.1) is 0 Å². The molecule has 4 nitrogen and oxygen atoms in total. The molecule has 0 saturated heterocycles. The molecule has 3 rings (SSSR count). The van der Waals surface area contributed by atoms with Gasteiger partial charge in [-0.05, 0) is 19.9 Å². The zero-order chi connectivity index (χ0) is 20.0. The van der Waals surface area contributed by atoms with E-state index in [9.17, 15) is 26.3 Å². The molecule has 0 spiro atoms. The van der Waals surface area contributed by atoms with Crippen molar-refractivity contribution in [1.29, 1.82) is 0 Å². The van der Waals surface area contributed by atoms with E-state index in [2.05, 4.69) is 4.98 Å². The maximum absolute atomic E-state index is 13.5. The first kappa shape index (κ1) is 19.4. The van der Waals surface area contributed by atoms with Crippen molar-refractivity contribution in [2.45, 2.75) is 32.3 Å². The summed E-state index contributed by atoms with van der Waals surface area (Å²) < 4.78 is 89.6. The highest BCUT2D eigenvalue weighted by atomic mass is 19.4. The van der Waals surface area contributed by atoms with E-state index >= 15 is 0 Å². The first-order chi connectivity index (χ1) is 12.4. The summed E-state index contributed by atoms with van der Waals surface area (Å²) >= 11 is 0. The molecule has 0 N–H and O–H groups in total. The third kappa shape index (κ3) is 4.30. The fourth-order valence-corrected chi connectivity index (χ4v) is 2.88. The number of hydrogen-bond acceptors (Lipinski definition) is 4. The lowest BCUT2D eigenvalue weighted by Crippen LogP contribution is -2.39. The van der Waals surface area contributed by atoms with Gasteiger partial charge in [-0.25, -0.2) is 4.98 Å². The second-order valence-electron chi connectivity index (χ2n) is 6.39. The molecule has 0 bridgehead atoms. The zero-order valence-corrected chi connectivity index (χ0v) is 14.4. The summed E-state index contributed by atoms with van der Waals surface area (Å²) in [4.78, 5) is 5.01. The topological polar surface area (TPSA) is 34.6 Å². The minimum Gasteiger partial charge on any atom is -0.489 e. The van der Waals surface area contributed by atoms with E-state index < -0.39 is 30.6 Å². The van der Waals surface area contributed by atoms with Crippen LogP contribution in [-0.4, -0.2) is 37.0 Å². The second kappa shape index (κ2) is 6.65. The van der Waals surface area contributed by atoms with Crippen LogP contribution in [0.15, 0.2) is 18.2 Å².